The second-order valence-electron chi connectivity index (χ2n) is 1.75. The molecule has 0 bridgehead atoms. The van der Waals surface area contributed by atoms with Gasteiger partial charge in [0.1, 0.15) is 6.29 Å². The summed E-state index contributed by atoms with van der Waals surface area (Å²) < 4.78 is 0. The van der Waals surface area contributed by atoms with Crippen LogP contribution in [0.15, 0.2) is 0 Å². The molecule has 0 aromatic heterocycles. The molecule has 1 atom stereocenters. The van der Waals surface area contributed by atoms with Crippen molar-refractivity contribution in [3.05, 3.63) is 0 Å². The Hall–Kier alpha value is -0.320. The Morgan fingerprint density at radius 3 is 2.67 bits per heavy atom. The predicted molar refractivity (Wildman–Crippen MR) is 36.0 cm³/mol. The van der Waals surface area contributed by atoms with Gasteiger partial charge in [0, 0.05) is 13.0 Å². The molecule has 1 saturated heterocycles. The molecule has 0 saturated carbocycles. The van der Waals surface area contributed by atoms with Gasteiger partial charge in [0.05, 0.1) is 0 Å². The van der Waals surface area contributed by atoms with Crippen molar-refractivity contribution in [3.8, 4) is 0 Å². The van der Waals surface area contributed by atoms with Crippen LogP contribution in [0.1, 0.15) is 6.42 Å². The Morgan fingerprint density at radius 2 is 2.33 bits per heavy atom. The van der Waals surface area contributed by atoms with E-state index in [1.807, 2.05) is 0 Å². The van der Waals surface area contributed by atoms with Crippen molar-refractivity contribution < 1.29 is 4.79 Å². The predicted octanol–water partition coefficient (Wildman–Crippen LogP) is -1.24. The topological polar surface area (TPSA) is 67.1 Å². The van der Waals surface area contributed by atoms with E-state index in [1.165, 1.54) is 0 Å². The van der Waals surface area contributed by atoms with Crippen molar-refractivity contribution in [1.29, 1.82) is 0 Å². The third kappa shape index (κ3) is 2.64. The van der Waals surface area contributed by atoms with E-state index in [9.17, 15) is 4.79 Å². The fourth-order valence-electron chi connectivity index (χ4n) is 0.638. The minimum absolute atomic E-state index is 0. The molecule has 1 heterocycles. The number of carbonyl (C=O) groups excluding carboxylic acids is 1. The molecular weight excluding hydrogens is 142 g/mol. The first-order valence-corrected chi connectivity index (χ1v) is 2.57. The van der Waals surface area contributed by atoms with Gasteiger partial charge in [0.25, 0.3) is 0 Å². The Kier molecular flexibility index (Phi) is 3.53. The van der Waals surface area contributed by atoms with Crippen LogP contribution in [0, 0.1) is 0 Å². The van der Waals surface area contributed by atoms with E-state index < -0.39 is 0 Å². The molecule has 5 heteroatoms. The Bertz CT molecular complexity index is 108. The minimum Gasteiger partial charge on any atom is -0.328 e. The van der Waals surface area contributed by atoms with Crippen molar-refractivity contribution in [2.45, 2.75) is 12.7 Å². The summed E-state index contributed by atoms with van der Waals surface area (Å²) in [6.07, 6.45) is 0.199. The number of carbonyl (C=O) groups is 1. The fraction of sp³-hybridized carbons (Fsp3) is 0.750. The minimum atomic E-state index is -0.337. The van der Waals surface area contributed by atoms with Gasteiger partial charge in [0.15, 0.2) is 0 Å². The lowest BCUT2D eigenvalue weighted by atomic mass is 10.3. The van der Waals surface area contributed by atoms with Crippen LogP contribution in [-0.4, -0.2) is 18.7 Å². The molecule has 1 fully saturated rings. The van der Waals surface area contributed by atoms with Gasteiger partial charge in [-0.05, 0) is 0 Å². The molecule has 54 valence electrons. The molecule has 1 amide bonds. The Balaban J connectivity index is 0.000000640. The molecule has 4 nitrogen and oxygen atoms in total. The van der Waals surface area contributed by atoms with Crippen molar-refractivity contribution in [2.75, 3.05) is 6.54 Å². The zero-order valence-electron chi connectivity index (χ0n) is 4.89. The van der Waals surface area contributed by atoms with Crippen molar-refractivity contribution in [3.63, 3.8) is 0 Å². The number of nitrogens with two attached hydrogens (primary N) is 1. The first kappa shape index (κ1) is 8.68. The van der Waals surface area contributed by atoms with Crippen LogP contribution >= 0.6 is 12.4 Å². The molecule has 0 aromatic carbocycles. The quantitative estimate of drug-likeness (QED) is 0.406. The van der Waals surface area contributed by atoms with Crippen molar-refractivity contribution in [2.24, 2.45) is 5.73 Å². The largest absolute Gasteiger partial charge is 0.328 e. The van der Waals surface area contributed by atoms with E-state index >= 15 is 0 Å². The van der Waals surface area contributed by atoms with Gasteiger partial charge in [0.2, 0.25) is 5.91 Å². The maximum absolute atomic E-state index is 10.4. The average molecular weight is 152 g/mol. The highest BCUT2D eigenvalue weighted by atomic mass is 35.5. The maximum Gasteiger partial charge on any atom is 0.223 e. The van der Waals surface area contributed by atoms with Crippen LogP contribution in [-0.2, 0) is 4.79 Å². The van der Waals surface area contributed by atoms with Crippen LogP contribution in [0.2, 0.25) is 0 Å². The van der Waals surface area contributed by atoms with Crippen LogP contribution in [0.4, 0.5) is 0 Å². The molecule has 0 aliphatic carbocycles. The maximum atomic E-state index is 10.4. The first-order chi connectivity index (χ1) is 3.79. The summed E-state index contributed by atoms with van der Waals surface area (Å²) in [5, 5.41) is 5.37. The third-order valence-electron chi connectivity index (χ3n) is 1.03. The zero-order chi connectivity index (χ0) is 5.98. The molecular formula is C4H10ClN3O. The van der Waals surface area contributed by atoms with Gasteiger partial charge in [-0.1, -0.05) is 0 Å². The van der Waals surface area contributed by atoms with Gasteiger partial charge in [-0.3, -0.25) is 15.8 Å². The molecule has 0 spiro atoms. The van der Waals surface area contributed by atoms with E-state index in [2.05, 4.69) is 10.6 Å². The van der Waals surface area contributed by atoms with Crippen molar-refractivity contribution in [1.82, 2.24) is 10.6 Å². The highest BCUT2D eigenvalue weighted by molar-refractivity contribution is 5.85. The molecule has 4 N–H and O–H groups in total. The first-order valence-electron chi connectivity index (χ1n) is 2.57. The monoisotopic (exact) mass is 151 g/mol. The lowest BCUT2D eigenvalue weighted by Crippen LogP contribution is -2.56. The molecule has 1 unspecified atom stereocenters. The van der Waals surface area contributed by atoms with E-state index in [1.54, 1.807) is 0 Å². The molecule has 0 radical (unpaired) electrons. The van der Waals surface area contributed by atoms with Crippen LogP contribution in [0.3, 0.4) is 0 Å². The third-order valence-corrected chi connectivity index (χ3v) is 1.03. The van der Waals surface area contributed by atoms with Gasteiger partial charge >= 0.3 is 0 Å². The molecule has 9 heavy (non-hydrogen) atoms. The smallest absolute Gasteiger partial charge is 0.223 e. The van der Waals surface area contributed by atoms with Crippen molar-refractivity contribution >= 4 is 18.3 Å². The number of amides is 1. The highest BCUT2D eigenvalue weighted by Gasteiger charge is 2.11. The SMILES string of the molecule is Cl.NC1NCCC(=O)N1. The van der Waals surface area contributed by atoms with Gasteiger partial charge in [-0.25, -0.2) is 0 Å². The average Bonchev–Trinajstić information content (AvgIpc) is 1.64. The zero-order valence-corrected chi connectivity index (χ0v) is 5.70. The van der Waals surface area contributed by atoms with Gasteiger partial charge < -0.3 is 5.32 Å². The molecule has 1 rings (SSSR count). The Morgan fingerprint density at radius 1 is 1.67 bits per heavy atom. The van der Waals surface area contributed by atoms with Gasteiger partial charge in [-0.2, -0.15) is 0 Å². The summed E-state index contributed by atoms with van der Waals surface area (Å²) in [5.74, 6) is 0.0243. The van der Waals surface area contributed by atoms with E-state index in [-0.39, 0.29) is 24.6 Å². The number of hydrogen-bond donors (Lipinski definition) is 3. The summed E-state index contributed by atoms with van der Waals surface area (Å²) in [5.41, 5.74) is 5.28. The second-order valence-corrected chi connectivity index (χ2v) is 1.75. The summed E-state index contributed by atoms with van der Waals surface area (Å²) >= 11 is 0. The molecule has 1 aliphatic rings. The molecule has 0 aromatic rings. The summed E-state index contributed by atoms with van der Waals surface area (Å²) in [6, 6.07) is 0. The number of hydrogen-bond acceptors (Lipinski definition) is 3. The van der Waals surface area contributed by atoms with Crippen LogP contribution in [0.25, 0.3) is 0 Å². The van der Waals surface area contributed by atoms with E-state index in [0.717, 1.165) is 0 Å². The summed E-state index contributed by atoms with van der Waals surface area (Å²) in [4.78, 5) is 10.4. The number of halogens is 1. The summed E-state index contributed by atoms with van der Waals surface area (Å²) in [6.45, 7) is 0.688. The number of rotatable bonds is 0. The molecule has 1 aliphatic heterocycles. The standard InChI is InChI=1S/C4H9N3O.ClH/c5-4-6-2-1-3(8)7-4;/h4,6H,1-2,5H2,(H,7,8);1H. The number of nitrogens with one attached hydrogen (secondary N) is 2. The van der Waals surface area contributed by atoms with Crippen LogP contribution in [0.5, 0.6) is 0 Å². The Labute approximate surface area is 59.6 Å². The summed E-state index contributed by atoms with van der Waals surface area (Å²) in [7, 11) is 0. The van der Waals surface area contributed by atoms with E-state index in [0.29, 0.717) is 13.0 Å². The normalized spacial score (nSPS) is 26.3. The van der Waals surface area contributed by atoms with Crippen LogP contribution < -0.4 is 16.4 Å². The highest BCUT2D eigenvalue weighted by Crippen LogP contribution is 1.83. The lowest BCUT2D eigenvalue weighted by molar-refractivity contribution is -0.123. The fourth-order valence-corrected chi connectivity index (χ4v) is 0.638. The van der Waals surface area contributed by atoms with Gasteiger partial charge in [-0.15, -0.1) is 12.4 Å². The lowest BCUT2D eigenvalue weighted by Gasteiger charge is -2.19. The van der Waals surface area contributed by atoms with E-state index in [4.69, 9.17) is 5.73 Å². The second kappa shape index (κ2) is 3.66.